The Kier molecular flexibility index (Phi) is 6.75. The van der Waals surface area contributed by atoms with Gasteiger partial charge in [0.2, 0.25) is 5.88 Å². The van der Waals surface area contributed by atoms with E-state index in [1.165, 1.54) is 11.3 Å². The van der Waals surface area contributed by atoms with Crippen molar-refractivity contribution in [1.29, 1.82) is 0 Å². The number of hydrogen-bond acceptors (Lipinski definition) is 8. The topological polar surface area (TPSA) is 94.1 Å². The van der Waals surface area contributed by atoms with Gasteiger partial charge < -0.3 is 24.0 Å². The summed E-state index contributed by atoms with van der Waals surface area (Å²) in [7, 11) is 4.72. The summed E-state index contributed by atoms with van der Waals surface area (Å²) in [4.78, 5) is 39.9. The van der Waals surface area contributed by atoms with Gasteiger partial charge in [-0.1, -0.05) is 0 Å². The minimum absolute atomic E-state index is 0.0477. The zero-order chi connectivity index (χ0) is 23.5. The van der Waals surface area contributed by atoms with Crippen LogP contribution in [0.15, 0.2) is 24.3 Å². The fraction of sp³-hybridized carbons (Fsp3) is 0.391. The summed E-state index contributed by atoms with van der Waals surface area (Å²) in [5.74, 6) is 1.54. The first-order chi connectivity index (χ1) is 16.0. The molecule has 1 fully saturated rings. The quantitative estimate of drug-likeness (QED) is 0.547. The van der Waals surface area contributed by atoms with E-state index in [0.29, 0.717) is 58.9 Å². The Morgan fingerprint density at radius 3 is 2.15 bits per heavy atom. The summed E-state index contributed by atoms with van der Waals surface area (Å²) in [5.41, 5.74) is 1.41. The van der Waals surface area contributed by atoms with Crippen LogP contribution in [0.1, 0.15) is 31.4 Å². The van der Waals surface area contributed by atoms with Crippen LogP contribution in [0.3, 0.4) is 0 Å². The van der Waals surface area contributed by atoms with Crippen molar-refractivity contribution >= 4 is 33.4 Å². The van der Waals surface area contributed by atoms with Crippen molar-refractivity contribution in [2.45, 2.75) is 13.5 Å². The number of aromatic nitrogens is 2. The number of amides is 2. The highest BCUT2D eigenvalue weighted by Crippen LogP contribution is 2.35. The van der Waals surface area contributed by atoms with E-state index in [1.54, 1.807) is 55.4 Å². The molecule has 1 aliphatic heterocycles. The molecule has 1 aliphatic rings. The maximum Gasteiger partial charge on any atom is 0.264 e. The number of rotatable bonds is 6. The maximum atomic E-state index is 13.3. The smallest absolute Gasteiger partial charge is 0.264 e. The Labute approximate surface area is 195 Å². The molecule has 0 spiro atoms. The fourth-order valence-corrected chi connectivity index (χ4v) is 5.02. The van der Waals surface area contributed by atoms with Gasteiger partial charge in [0, 0.05) is 38.9 Å². The molecular weight excluding hydrogens is 444 g/mol. The normalized spacial score (nSPS) is 13.9. The lowest BCUT2D eigenvalue weighted by Crippen LogP contribution is -2.50. The predicted octanol–water partition coefficient (Wildman–Crippen LogP) is 2.76. The number of nitrogens with zero attached hydrogens (tertiary/aromatic N) is 4. The van der Waals surface area contributed by atoms with Crippen molar-refractivity contribution in [3.05, 3.63) is 46.1 Å². The van der Waals surface area contributed by atoms with Gasteiger partial charge in [-0.2, -0.15) is 4.98 Å². The molecule has 0 bridgehead atoms. The number of piperazine rings is 1. The summed E-state index contributed by atoms with van der Waals surface area (Å²) >= 11 is 1.33. The summed E-state index contributed by atoms with van der Waals surface area (Å²) < 4.78 is 15.7. The van der Waals surface area contributed by atoms with Crippen LogP contribution in [0.4, 0.5) is 0 Å². The third kappa shape index (κ3) is 4.49. The molecular formula is C23H26N4O5S. The molecule has 0 aliphatic carbocycles. The van der Waals surface area contributed by atoms with Gasteiger partial charge >= 0.3 is 0 Å². The zero-order valence-corrected chi connectivity index (χ0v) is 19.9. The minimum Gasteiger partial charge on any atom is -0.497 e. The number of carbonyl (C=O) groups is 2. The Morgan fingerprint density at radius 1 is 0.939 bits per heavy atom. The number of carbonyl (C=O) groups excluding carboxylic acids is 2. The molecule has 174 valence electrons. The predicted molar refractivity (Wildman–Crippen MR) is 124 cm³/mol. The SMILES string of the molecule is COCc1nc(OC)c2c(C)c(C(=O)N3CCN(C(=O)c4ccc(OC)cc4)CC3)sc2n1. The maximum absolute atomic E-state index is 13.3. The van der Waals surface area contributed by atoms with Crippen LogP contribution in [-0.4, -0.2) is 79.1 Å². The van der Waals surface area contributed by atoms with E-state index in [0.717, 1.165) is 10.9 Å². The third-order valence-electron chi connectivity index (χ3n) is 5.66. The van der Waals surface area contributed by atoms with Gasteiger partial charge in [0.05, 0.1) is 24.5 Å². The average molecular weight is 471 g/mol. The lowest BCUT2D eigenvalue weighted by Gasteiger charge is -2.34. The Bertz CT molecular complexity index is 1170. The summed E-state index contributed by atoms with van der Waals surface area (Å²) in [6.07, 6.45) is 0. The van der Waals surface area contributed by atoms with Crippen molar-refractivity contribution < 1.29 is 23.8 Å². The molecule has 0 radical (unpaired) electrons. The highest BCUT2D eigenvalue weighted by molar-refractivity contribution is 7.20. The van der Waals surface area contributed by atoms with Gasteiger partial charge in [0.25, 0.3) is 11.8 Å². The van der Waals surface area contributed by atoms with Gasteiger partial charge in [-0.3, -0.25) is 9.59 Å². The number of ether oxygens (including phenoxy) is 3. The summed E-state index contributed by atoms with van der Waals surface area (Å²) in [5, 5.41) is 0.749. The Balaban J connectivity index is 1.49. The Morgan fingerprint density at radius 2 is 1.58 bits per heavy atom. The zero-order valence-electron chi connectivity index (χ0n) is 19.1. The molecule has 3 heterocycles. The summed E-state index contributed by atoms with van der Waals surface area (Å²) in [6.45, 7) is 4.02. The van der Waals surface area contributed by atoms with E-state index in [4.69, 9.17) is 14.2 Å². The molecule has 4 rings (SSSR count). The van der Waals surface area contributed by atoms with Crippen molar-refractivity contribution in [2.24, 2.45) is 0 Å². The third-order valence-corrected chi connectivity index (χ3v) is 6.83. The molecule has 9 nitrogen and oxygen atoms in total. The second kappa shape index (κ2) is 9.72. The lowest BCUT2D eigenvalue weighted by molar-refractivity contribution is 0.0537. The number of fused-ring (bicyclic) bond motifs is 1. The monoisotopic (exact) mass is 470 g/mol. The fourth-order valence-electron chi connectivity index (χ4n) is 3.86. The largest absolute Gasteiger partial charge is 0.497 e. The first-order valence-electron chi connectivity index (χ1n) is 10.5. The van der Waals surface area contributed by atoms with Crippen LogP contribution in [0, 0.1) is 6.92 Å². The van der Waals surface area contributed by atoms with Crippen LogP contribution < -0.4 is 9.47 Å². The molecule has 2 amide bonds. The molecule has 1 aromatic carbocycles. The molecule has 1 saturated heterocycles. The second-order valence-corrected chi connectivity index (χ2v) is 8.63. The standard InChI is InChI=1S/C23H26N4O5S/c1-14-18-20(32-4)24-17(13-30-2)25-21(18)33-19(14)23(29)27-11-9-26(10-12-27)22(28)15-5-7-16(31-3)8-6-15/h5-8H,9-13H2,1-4H3. The van der Waals surface area contributed by atoms with Crippen molar-refractivity contribution in [1.82, 2.24) is 19.8 Å². The van der Waals surface area contributed by atoms with Gasteiger partial charge in [0.1, 0.15) is 17.2 Å². The van der Waals surface area contributed by atoms with E-state index < -0.39 is 0 Å². The van der Waals surface area contributed by atoms with Crippen LogP contribution >= 0.6 is 11.3 Å². The van der Waals surface area contributed by atoms with Gasteiger partial charge in [0.15, 0.2) is 5.82 Å². The number of thiophene rings is 1. The van der Waals surface area contributed by atoms with Gasteiger partial charge in [-0.05, 0) is 36.8 Å². The van der Waals surface area contributed by atoms with Crippen LogP contribution in [0.5, 0.6) is 11.6 Å². The molecule has 10 heteroatoms. The molecule has 2 aromatic heterocycles. The van der Waals surface area contributed by atoms with E-state index in [-0.39, 0.29) is 18.4 Å². The van der Waals surface area contributed by atoms with E-state index >= 15 is 0 Å². The van der Waals surface area contributed by atoms with Crippen molar-refractivity contribution in [3.63, 3.8) is 0 Å². The van der Waals surface area contributed by atoms with Crippen molar-refractivity contribution in [2.75, 3.05) is 47.5 Å². The molecule has 0 unspecified atom stereocenters. The second-order valence-electron chi connectivity index (χ2n) is 7.63. The molecule has 0 N–H and O–H groups in total. The highest BCUT2D eigenvalue weighted by Gasteiger charge is 2.29. The highest BCUT2D eigenvalue weighted by atomic mass is 32.1. The van der Waals surface area contributed by atoms with E-state index in [2.05, 4.69) is 9.97 Å². The van der Waals surface area contributed by atoms with E-state index in [1.807, 2.05) is 6.92 Å². The molecule has 3 aromatic rings. The minimum atomic E-state index is -0.0672. The van der Waals surface area contributed by atoms with Gasteiger partial charge in [-0.25, -0.2) is 4.98 Å². The number of hydrogen-bond donors (Lipinski definition) is 0. The molecule has 33 heavy (non-hydrogen) atoms. The average Bonchev–Trinajstić information content (AvgIpc) is 3.19. The molecule has 0 saturated carbocycles. The Hall–Kier alpha value is -3.24. The van der Waals surface area contributed by atoms with Crippen LogP contribution in [-0.2, 0) is 11.3 Å². The number of aryl methyl sites for hydroxylation is 1. The number of benzene rings is 1. The van der Waals surface area contributed by atoms with Gasteiger partial charge in [-0.15, -0.1) is 11.3 Å². The van der Waals surface area contributed by atoms with E-state index in [9.17, 15) is 9.59 Å². The van der Waals surface area contributed by atoms with Crippen LogP contribution in [0.2, 0.25) is 0 Å². The first-order valence-corrected chi connectivity index (χ1v) is 11.3. The van der Waals surface area contributed by atoms with Crippen LogP contribution in [0.25, 0.3) is 10.2 Å². The summed E-state index contributed by atoms with van der Waals surface area (Å²) in [6, 6.07) is 7.05. The molecule has 0 atom stereocenters. The lowest BCUT2D eigenvalue weighted by atomic mass is 10.1. The van der Waals surface area contributed by atoms with Crippen molar-refractivity contribution in [3.8, 4) is 11.6 Å². The number of methoxy groups -OCH3 is 3. The first kappa shape index (κ1) is 22.9.